The first kappa shape index (κ1) is 17.0. The molecule has 0 spiro atoms. The lowest BCUT2D eigenvalue weighted by Gasteiger charge is -2.33. The van der Waals surface area contributed by atoms with Crippen LogP contribution in [0.25, 0.3) is 0 Å². The Kier molecular flexibility index (Phi) is 5.54. The summed E-state index contributed by atoms with van der Waals surface area (Å²) in [4.78, 5) is 25.2. The zero-order chi connectivity index (χ0) is 16.9. The van der Waals surface area contributed by atoms with Crippen LogP contribution in [0, 0.1) is 0 Å². The molecule has 1 aliphatic rings. The van der Waals surface area contributed by atoms with Crippen LogP contribution in [-0.4, -0.2) is 64.1 Å². The Labute approximate surface area is 144 Å². The third-order valence-corrected chi connectivity index (χ3v) is 4.70. The molecular weight excluding hydrogens is 330 g/mol. The molecule has 8 nitrogen and oxygen atoms in total. The zero-order valence-corrected chi connectivity index (χ0v) is 14.7. The Balaban J connectivity index is 1.51. The van der Waals surface area contributed by atoms with Crippen molar-refractivity contribution in [1.82, 2.24) is 24.9 Å². The van der Waals surface area contributed by atoms with Gasteiger partial charge in [0, 0.05) is 45.1 Å². The van der Waals surface area contributed by atoms with Crippen LogP contribution in [0.3, 0.4) is 0 Å². The Morgan fingerprint density at radius 1 is 1.33 bits per heavy atom. The zero-order valence-electron chi connectivity index (χ0n) is 13.9. The highest BCUT2D eigenvalue weighted by Gasteiger charge is 2.24. The van der Waals surface area contributed by atoms with Crippen molar-refractivity contribution in [3.8, 4) is 0 Å². The van der Waals surface area contributed by atoms with E-state index in [9.17, 15) is 4.79 Å². The van der Waals surface area contributed by atoms with Crippen LogP contribution in [-0.2, 0) is 24.3 Å². The molecule has 0 N–H and O–H groups in total. The van der Waals surface area contributed by atoms with Gasteiger partial charge in [-0.05, 0) is 0 Å². The number of ether oxygens (including phenoxy) is 1. The number of rotatable bonds is 6. The Bertz CT molecular complexity index is 678. The minimum absolute atomic E-state index is 0.0129. The summed E-state index contributed by atoms with van der Waals surface area (Å²) in [7, 11) is 1.62. The molecule has 2 aromatic rings. The summed E-state index contributed by atoms with van der Waals surface area (Å²) in [6, 6.07) is 0. The number of carbonyl (C=O) groups is 1. The lowest BCUT2D eigenvalue weighted by atomic mass is 10.3. The molecule has 0 atom stereocenters. The van der Waals surface area contributed by atoms with Crippen molar-refractivity contribution in [1.29, 1.82) is 0 Å². The van der Waals surface area contributed by atoms with E-state index in [2.05, 4.69) is 20.0 Å². The first-order chi connectivity index (χ1) is 11.7. The van der Waals surface area contributed by atoms with Gasteiger partial charge in [0.1, 0.15) is 10.7 Å². The van der Waals surface area contributed by atoms with Crippen LogP contribution >= 0.6 is 11.3 Å². The monoisotopic (exact) mass is 351 g/mol. The molecule has 3 heterocycles. The highest BCUT2D eigenvalue weighted by atomic mass is 32.1. The molecule has 1 amide bonds. The van der Waals surface area contributed by atoms with E-state index in [1.54, 1.807) is 12.5 Å². The Morgan fingerprint density at radius 3 is 2.79 bits per heavy atom. The molecule has 24 heavy (non-hydrogen) atoms. The molecule has 130 valence electrons. The Hall–Kier alpha value is -1.84. The summed E-state index contributed by atoms with van der Waals surface area (Å²) in [5.74, 6) is 1.35. The van der Waals surface area contributed by atoms with Crippen molar-refractivity contribution in [3.05, 3.63) is 27.8 Å². The van der Waals surface area contributed by atoms with Crippen molar-refractivity contribution >= 4 is 17.2 Å². The van der Waals surface area contributed by atoms with E-state index in [1.807, 2.05) is 11.8 Å². The molecule has 1 aliphatic heterocycles. The van der Waals surface area contributed by atoms with Gasteiger partial charge in [-0.1, -0.05) is 12.1 Å². The van der Waals surface area contributed by atoms with Gasteiger partial charge in [0.2, 0.25) is 5.89 Å². The average molecular weight is 351 g/mol. The second kappa shape index (κ2) is 7.82. The summed E-state index contributed by atoms with van der Waals surface area (Å²) in [6.07, 6.45) is 0.744. The minimum atomic E-state index is -0.0129. The third kappa shape index (κ3) is 3.97. The Morgan fingerprint density at radius 2 is 2.12 bits per heavy atom. The molecule has 0 unspecified atom stereocenters. The largest absolute Gasteiger partial charge is 0.378 e. The molecule has 9 heteroatoms. The first-order valence-electron chi connectivity index (χ1n) is 7.96. The van der Waals surface area contributed by atoms with Crippen molar-refractivity contribution in [2.75, 3.05) is 33.3 Å². The topological polar surface area (TPSA) is 84.6 Å². The highest BCUT2D eigenvalue weighted by Crippen LogP contribution is 2.14. The van der Waals surface area contributed by atoms with Gasteiger partial charge in [0.05, 0.1) is 13.2 Å². The molecule has 0 bridgehead atoms. The lowest BCUT2D eigenvalue weighted by Crippen LogP contribution is -2.48. The fourth-order valence-electron chi connectivity index (χ4n) is 2.57. The van der Waals surface area contributed by atoms with Crippen LogP contribution in [0.15, 0.2) is 9.90 Å². The first-order valence-corrected chi connectivity index (χ1v) is 8.84. The second-order valence-corrected chi connectivity index (χ2v) is 6.53. The van der Waals surface area contributed by atoms with Crippen LogP contribution in [0.2, 0.25) is 0 Å². The predicted molar refractivity (Wildman–Crippen MR) is 87.7 cm³/mol. The number of carbonyl (C=O) groups excluding carboxylic acids is 1. The second-order valence-electron chi connectivity index (χ2n) is 5.59. The number of methoxy groups -OCH3 is 1. The van der Waals surface area contributed by atoms with E-state index >= 15 is 0 Å². The quantitative estimate of drug-likeness (QED) is 0.773. The van der Waals surface area contributed by atoms with Gasteiger partial charge in [-0.2, -0.15) is 4.98 Å². The number of thiazole rings is 1. The molecule has 0 aromatic carbocycles. The normalized spacial score (nSPS) is 15.8. The molecule has 0 saturated carbocycles. The standard InChI is InChI=1S/C15H21N5O3S/c1-3-13-17-12(18-23-13)8-19-4-6-20(7-5-19)15(21)11-10-24-14(16-11)9-22-2/h10H,3-9H2,1-2H3. The molecule has 3 rings (SSSR count). The molecule has 1 saturated heterocycles. The summed E-state index contributed by atoms with van der Waals surface area (Å²) < 4.78 is 10.2. The van der Waals surface area contributed by atoms with Gasteiger partial charge >= 0.3 is 0 Å². The van der Waals surface area contributed by atoms with E-state index in [0.29, 0.717) is 43.7 Å². The smallest absolute Gasteiger partial charge is 0.273 e. The fraction of sp³-hybridized carbons (Fsp3) is 0.600. The number of nitrogens with zero attached hydrogens (tertiary/aromatic N) is 5. The highest BCUT2D eigenvalue weighted by molar-refractivity contribution is 7.09. The van der Waals surface area contributed by atoms with Crippen LogP contribution in [0.4, 0.5) is 0 Å². The van der Waals surface area contributed by atoms with Gasteiger partial charge < -0.3 is 14.2 Å². The van der Waals surface area contributed by atoms with E-state index in [1.165, 1.54) is 11.3 Å². The minimum Gasteiger partial charge on any atom is -0.378 e. The SMILES string of the molecule is CCc1nc(CN2CCN(C(=O)c3csc(COC)n3)CC2)no1. The number of hydrogen-bond acceptors (Lipinski definition) is 8. The maximum atomic E-state index is 12.5. The third-order valence-electron chi connectivity index (χ3n) is 3.88. The average Bonchev–Trinajstić information content (AvgIpc) is 3.25. The van der Waals surface area contributed by atoms with E-state index < -0.39 is 0 Å². The van der Waals surface area contributed by atoms with Crippen LogP contribution in [0.1, 0.15) is 34.1 Å². The van der Waals surface area contributed by atoms with Gasteiger partial charge in [-0.15, -0.1) is 11.3 Å². The van der Waals surface area contributed by atoms with E-state index in [0.717, 1.165) is 24.5 Å². The summed E-state index contributed by atoms with van der Waals surface area (Å²) in [5, 5.41) is 6.60. The van der Waals surface area contributed by atoms with Crippen LogP contribution < -0.4 is 0 Å². The van der Waals surface area contributed by atoms with Gasteiger partial charge in [0.15, 0.2) is 5.82 Å². The van der Waals surface area contributed by atoms with Gasteiger partial charge in [0.25, 0.3) is 5.91 Å². The number of aromatic nitrogens is 3. The van der Waals surface area contributed by atoms with Crippen molar-refractivity contribution < 1.29 is 14.1 Å². The van der Waals surface area contributed by atoms with Crippen molar-refractivity contribution in [2.45, 2.75) is 26.5 Å². The van der Waals surface area contributed by atoms with Crippen molar-refractivity contribution in [3.63, 3.8) is 0 Å². The van der Waals surface area contributed by atoms with E-state index in [4.69, 9.17) is 9.26 Å². The molecular formula is C15H21N5O3S. The van der Waals surface area contributed by atoms with Crippen LogP contribution in [0.5, 0.6) is 0 Å². The number of hydrogen-bond donors (Lipinski definition) is 0. The maximum absolute atomic E-state index is 12.5. The number of aryl methyl sites for hydroxylation is 1. The summed E-state index contributed by atoms with van der Waals surface area (Å²) in [6.45, 7) is 6.01. The van der Waals surface area contributed by atoms with E-state index in [-0.39, 0.29) is 5.91 Å². The predicted octanol–water partition coefficient (Wildman–Crippen LogP) is 1.19. The summed E-state index contributed by atoms with van der Waals surface area (Å²) >= 11 is 1.45. The molecule has 0 radical (unpaired) electrons. The molecule has 0 aliphatic carbocycles. The number of amides is 1. The maximum Gasteiger partial charge on any atom is 0.273 e. The van der Waals surface area contributed by atoms with Gasteiger partial charge in [-0.25, -0.2) is 4.98 Å². The van der Waals surface area contributed by atoms with Crippen molar-refractivity contribution in [2.24, 2.45) is 0 Å². The fourth-order valence-corrected chi connectivity index (χ4v) is 3.31. The molecule has 1 fully saturated rings. The lowest BCUT2D eigenvalue weighted by molar-refractivity contribution is 0.0619. The number of piperazine rings is 1. The molecule has 2 aromatic heterocycles. The van der Waals surface area contributed by atoms with Gasteiger partial charge in [-0.3, -0.25) is 9.69 Å². The summed E-state index contributed by atoms with van der Waals surface area (Å²) in [5.41, 5.74) is 0.506.